The van der Waals surface area contributed by atoms with E-state index < -0.39 is 24.6 Å². The molecule has 0 fully saturated rings. The molecule has 118 valence electrons. The van der Waals surface area contributed by atoms with Gasteiger partial charge in [-0.3, -0.25) is 0 Å². The number of ether oxygens (including phenoxy) is 1. The number of carboxylic acid groups (broad SMARTS) is 1. The van der Waals surface area contributed by atoms with Gasteiger partial charge in [0.1, 0.15) is 18.5 Å². The van der Waals surface area contributed by atoms with E-state index in [1.54, 1.807) is 6.07 Å². The molecule has 0 bridgehead atoms. The van der Waals surface area contributed by atoms with Gasteiger partial charge in [0.05, 0.1) is 6.61 Å². The number of carbonyl (C=O) groups excluding carboxylic acids is 1. The van der Waals surface area contributed by atoms with Crippen molar-refractivity contribution in [2.24, 2.45) is 0 Å². The number of esters is 1. The van der Waals surface area contributed by atoms with Crippen LogP contribution in [0.2, 0.25) is 0 Å². The third-order valence-electron chi connectivity index (χ3n) is 2.54. The lowest BCUT2D eigenvalue weighted by Gasteiger charge is -2.07. The van der Waals surface area contributed by atoms with Crippen molar-refractivity contribution in [3.8, 4) is 5.75 Å². The van der Waals surface area contributed by atoms with Crippen molar-refractivity contribution in [1.29, 1.82) is 0 Å². The van der Waals surface area contributed by atoms with Crippen molar-refractivity contribution in [3.05, 3.63) is 41.5 Å². The topological polar surface area (TPSA) is 124 Å². The highest BCUT2D eigenvalue weighted by atomic mass is 16.5. The minimum Gasteiger partial charge on any atom is -0.507 e. The van der Waals surface area contributed by atoms with Gasteiger partial charge in [-0.25, -0.2) is 9.59 Å². The first-order valence-corrected chi connectivity index (χ1v) is 6.30. The summed E-state index contributed by atoms with van der Waals surface area (Å²) in [6, 6.07) is 4.49. The summed E-state index contributed by atoms with van der Waals surface area (Å²) in [5, 5.41) is 36.0. The Balaban J connectivity index is 2.85. The predicted octanol–water partition coefficient (Wildman–Crippen LogP) is 0.400. The molecule has 0 aliphatic rings. The Bertz CT molecular complexity index is 590. The lowest BCUT2D eigenvalue weighted by molar-refractivity contribution is -0.141. The van der Waals surface area contributed by atoms with E-state index in [4.69, 9.17) is 15.3 Å². The van der Waals surface area contributed by atoms with E-state index in [2.05, 4.69) is 4.74 Å². The smallest absolute Gasteiger partial charge is 0.330 e. The number of hydrogen-bond donors (Lipinski definition) is 4. The quantitative estimate of drug-likeness (QED) is 0.424. The number of phenols is 1. The van der Waals surface area contributed by atoms with Crippen molar-refractivity contribution in [1.82, 2.24) is 0 Å². The summed E-state index contributed by atoms with van der Waals surface area (Å²) < 4.78 is 4.66. The number of benzene rings is 1. The van der Waals surface area contributed by atoms with E-state index in [0.717, 1.165) is 12.2 Å². The minimum atomic E-state index is -1.16. The minimum absolute atomic E-state index is 0.132. The first-order valence-electron chi connectivity index (χ1n) is 6.30. The fourth-order valence-electron chi connectivity index (χ4n) is 1.49. The molecular formula is C15H16O7. The Kier molecular flexibility index (Phi) is 6.81. The molecular weight excluding hydrogens is 292 g/mol. The third kappa shape index (κ3) is 5.78. The van der Waals surface area contributed by atoms with Gasteiger partial charge < -0.3 is 25.2 Å². The molecule has 0 saturated carbocycles. The van der Waals surface area contributed by atoms with Crippen molar-refractivity contribution in [2.45, 2.75) is 6.10 Å². The zero-order valence-electron chi connectivity index (χ0n) is 11.5. The Hall–Kier alpha value is -2.64. The number of aliphatic carboxylic acids is 1. The van der Waals surface area contributed by atoms with E-state index in [1.807, 2.05) is 0 Å². The van der Waals surface area contributed by atoms with Gasteiger partial charge in [0.25, 0.3) is 0 Å². The fourth-order valence-corrected chi connectivity index (χ4v) is 1.49. The maximum atomic E-state index is 11.4. The van der Waals surface area contributed by atoms with Crippen LogP contribution in [0.5, 0.6) is 5.75 Å². The second-order valence-electron chi connectivity index (χ2n) is 4.25. The lowest BCUT2D eigenvalue weighted by atomic mass is 10.1. The molecule has 0 saturated heterocycles. The van der Waals surface area contributed by atoms with Crippen LogP contribution >= 0.6 is 0 Å². The van der Waals surface area contributed by atoms with Crippen molar-refractivity contribution in [2.75, 3.05) is 13.2 Å². The van der Waals surface area contributed by atoms with E-state index >= 15 is 0 Å². The van der Waals surface area contributed by atoms with Crippen LogP contribution < -0.4 is 0 Å². The van der Waals surface area contributed by atoms with Crippen LogP contribution in [0, 0.1) is 0 Å². The summed E-state index contributed by atoms with van der Waals surface area (Å²) in [6.45, 7) is -0.882. The summed E-state index contributed by atoms with van der Waals surface area (Å²) in [5.74, 6) is -2.05. The summed E-state index contributed by atoms with van der Waals surface area (Å²) in [5.41, 5.74) is 0.654. The van der Waals surface area contributed by atoms with Gasteiger partial charge in [-0.2, -0.15) is 0 Å². The first kappa shape index (κ1) is 17.4. The molecule has 0 aliphatic heterocycles. The largest absolute Gasteiger partial charge is 0.507 e. The molecule has 0 amide bonds. The molecule has 22 heavy (non-hydrogen) atoms. The first-order chi connectivity index (χ1) is 10.4. The van der Waals surface area contributed by atoms with Crippen LogP contribution in [-0.2, 0) is 14.3 Å². The third-order valence-corrected chi connectivity index (χ3v) is 2.54. The zero-order chi connectivity index (χ0) is 16.5. The van der Waals surface area contributed by atoms with Crippen LogP contribution in [0.25, 0.3) is 12.2 Å². The molecule has 1 aromatic rings. The van der Waals surface area contributed by atoms with Gasteiger partial charge in [-0.15, -0.1) is 0 Å². The van der Waals surface area contributed by atoms with E-state index in [1.165, 1.54) is 24.3 Å². The summed E-state index contributed by atoms with van der Waals surface area (Å²) in [4.78, 5) is 22.0. The fraction of sp³-hybridized carbons (Fsp3) is 0.200. The number of hydrogen-bond acceptors (Lipinski definition) is 6. The average Bonchev–Trinajstić information content (AvgIpc) is 2.49. The van der Waals surface area contributed by atoms with Crippen LogP contribution in [0.3, 0.4) is 0 Å². The zero-order valence-corrected chi connectivity index (χ0v) is 11.5. The number of carboxylic acids is 1. The van der Waals surface area contributed by atoms with Gasteiger partial charge in [-0.1, -0.05) is 12.1 Å². The Morgan fingerprint density at radius 1 is 1.23 bits per heavy atom. The Labute approximate surface area is 126 Å². The molecule has 1 aromatic carbocycles. The van der Waals surface area contributed by atoms with Crippen LogP contribution in [0.1, 0.15) is 11.1 Å². The number of carbonyl (C=O) groups is 2. The Morgan fingerprint density at radius 3 is 2.59 bits per heavy atom. The lowest BCUT2D eigenvalue weighted by Crippen LogP contribution is -2.21. The number of aliphatic hydroxyl groups excluding tert-OH is 2. The Morgan fingerprint density at radius 2 is 1.95 bits per heavy atom. The maximum absolute atomic E-state index is 11.4. The van der Waals surface area contributed by atoms with Crippen LogP contribution in [0.15, 0.2) is 30.4 Å². The summed E-state index contributed by atoms with van der Waals surface area (Å²) in [7, 11) is 0. The highest BCUT2D eigenvalue weighted by molar-refractivity contribution is 5.90. The molecule has 0 aromatic heterocycles. The highest BCUT2D eigenvalue weighted by Crippen LogP contribution is 2.23. The number of rotatable bonds is 7. The highest BCUT2D eigenvalue weighted by Gasteiger charge is 2.07. The number of aliphatic hydroxyl groups is 2. The molecule has 1 unspecified atom stereocenters. The molecule has 0 spiro atoms. The molecule has 0 heterocycles. The van der Waals surface area contributed by atoms with Gasteiger partial charge in [0.15, 0.2) is 0 Å². The molecule has 1 atom stereocenters. The molecule has 0 radical (unpaired) electrons. The summed E-state index contributed by atoms with van der Waals surface area (Å²) >= 11 is 0. The van der Waals surface area contributed by atoms with E-state index in [0.29, 0.717) is 5.56 Å². The van der Waals surface area contributed by atoms with Gasteiger partial charge >= 0.3 is 11.9 Å². The molecule has 1 rings (SSSR count). The molecule has 7 heteroatoms. The van der Waals surface area contributed by atoms with Crippen molar-refractivity contribution >= 4 is 24.1 Å². The number of phenolic OH excluding ortho intramolecular Hbond substituents is 1. The van der Waals surface area contributed by atoms with E-state index in [-0.39, 0.29) is 17.9 Å². The second-order valence-corrected chi connectivity index (χ2v) is 4.25. The normalized spacial score (nSPS) is 12.6. The van der Waals surface area contributed by atoms with E-state index in [9.17, 15) is 14.7 Å². The summed E-state index contributed by atoms with van der Waals surface area (Å²) in [6.07, 6.45) is 3.32. The van der Waals surface area contributed by atoms with Gasteiger partial charge in [-0.05, 0) is 23.8 Å². The van der Waals surface area contributed by atoms with Gasteiger partial charge in [0, 0.05) is 17.7 Å². The van der Waals surface area contributed by atoms with Gasteiger partial charge in [0.2, 0.25) is 0 Å². The maximum Gasteiger partial charge on any atom is 0.330 e. The second kappa shape index (κ2) is 8.60. The van der Waals surface area contributed by atoms with Crippen molar-refractivity contribution in [3.63, 3.8) is 0 Å². The standard InChI is InChI=1S/C15H16O7/c16-8-11(17)9-22-15(21)7-5-12-10(4-6-14(19)20)2-1-3-13(12)18/h1-7,11,16-18H,8-9H2,(H,19,20). The van der Waals surface area contributed by atoms with Crippen LogP contribution in [-0.4, -0.2) is 51.7 Å². The number of aromatic hydroxyl groups is 1. The van der Waals surface area contributed by atoms with Crippen LogP contribution in [0.4, 0.5) is 0 Å². The molecule has 0 aliphatic carbocycles. The average molecular weight is 308 g/mol. The predicted molar refractivity (Wildman–Crippen MR) is 77.9 cm³/mol. The molecule has 7 nitrogen and oxygen atoms in total. The monoisotopic (exact) mass is 308 g/mol. The van der Waals surface area contributed by atoms with Crippen molar-refractivity contribution < 1.29 is 34.8 Å². The molecule has 4 N–H and O–H groups in total. The SMILES string of the molecule is O=C(O)C=Cc1cccc(O)c1C=CC(=O)OCC(O)CO.